The Morgan fingerprint density at radius 1 is 1.23 bits per heavy atom. The third kappa shape index (κ3) is 3.49. The summed E-state index contributed by atoms with van der Waals surface area (Å²) >= 11 is 4.26. The van der Waals surface area contributed by atoms with Gasteiger partial charge in [-0.2, -0.15) is 12.6 Å². The molecule has 0 aliphatic carbocycles. The van der Waals surface area contributed by atoms with Crippen molar-refractivity contribution < 1.29 is 0 Å². The summed E-state index contributed by atoms with van der Waals surface area (Å²) in [5.41, 5.74) is 0. The summed E-state index contributed by atoms with van der Waals surface area (Å²) < 4.78 is 0. The summed E-state index contributed by atoms with van der Waals surface area (Å²) in [6, 6.07) is 0.762. The summed E-state index contributed by atoms with van der Waals surface area (Å²) in [6.07, 6.45) is 1.27. The molecule has 0 spiro atoms. The number of rotatable bonds is 4. The summed E-state index contributed by atoms with van der Waals surface area (Å²) in [4.78, 5) is 5.10. The van der Waals surface area contributed by atoms with Gasteiger partial charge in [0, 0.05) is 44.5 Å². The third-order valence-corrected chi connectivity index (χ3v) is 3.24. The van der Waals surface area contributed by atoms with Crippen molar-refractivity contribution in [2.24, 2.45) is 0 Å². The van der Waals surface area contributed by atoms with E-state index in [0.29, 0.717) is 0 Å². The summed E-state index contributed by atoms with van der Waals surface area (Å²) in [6.45, 7) is 10.7. The monoisotopic (exact) mass is 202 g/mol. The van der Waals surface area contributed by atoms with Crippen molar-refractivity contribution in [2.45, 2.75) is 26.3 Å². The topological polar surface area (TPSA) is 6.48 Å². The van der Waals surface area contributed by atoms with E-state index < -0.39 is 0 Å². The second-order valence-electron chi connectivity index (χ2n) is 3.86. The van der Waals surface area contributed by atoms with E-state index in [1.165, 1.54) is 32.6 Å². The molecule has 0 saturated carbocycles. The molecule has 0 aromatic heterocycles. The Hall–Kier alpha value is 0.270. The van der Waals surface area contributed by atoms with Gasteiger partial charge < -0.3 is 0 Å². The molecule has 0 aromatic rings. The minimum atomic E-state index is 0.762. The Morgan fingerprint density at radius 2 is 1.85 bits per heavy atom. The van der Waals surface area contributed by atoms with Crippen molar-refractivity contribution in [1.82, 2.24) is 9.80 Å². The van der Waals surface area contributed by atoms with Gasteiger partial charge in [-0.3, -0.25) is 9.80 Å². The highest BCUT2D eigenvalue weighted by Gasteiger charge is 2.18. The Morgan fingerprint density at radius 3 is 2.31 bits per heavy atom. The van der Waals surface area contributed by atoms with E-state index in [9.17, 15) is 0 Å². The molecule has 0 radical (unpaired) electrons. The molecule has 2 nitrogen and oxygen atoms in total. The van der Waals surface area contributed by atoms with E-state index in [4.69, 9.17) is 0 Å². The van der Waals surface area contributed by atoms with Crippen molar-refractivity contribution in [3.05, 3.63) is 0 Å². The molecule has 1 heterocycles. The van der Waals surface area contributed by atoms with E-state index in [-0.39, 0.29) is 0 Å². The zero-order valence-corrected chi connectivity index (χ0v) is 9.76. The highest BCUT2D eigenvalue weighted by molar-refractivity contribution is 7.80. The number of hydrogen-bond donors (Lipinski definition) is 1. The van der Waals surface area contributed by atoms with Gasteiger partial charge in [-0.15, -0.1) is 0 Å². The van der Waals surface area contributed by atoms with E-state index in [0.717, 1.165) is 18.3 Å². The van der Waals surface area contributed by atoms with E-state index >= 15 is 0 Å². The smallest absolute Gasteiger partial charge is 0.0113 e. The second kappa shape index (κ2) is 5.89. The van der Waals surface area contributed by atoms with Gasteiger partial charge in [0.2, 0.25) is 0 Å². The number of piperazine rings is 1. The van der Waals surface area contributed by atoms with Crippen molar-refractivity contribution in [1.29, 1.82) is 0 Å². The van der Waals surface area contributed by atoms with Gasteiger partial charge in [0.25, 0.3) is 0 Å². The highest BCUT2D eigenvalue weighted by Crippen LogP contribution is 2.08. The van der Waals surface area contributed by atoms with Crippen LogP contribution in [0.15, 0.2) is 0 Å². The Kier molecular flexibility index (Phi) is 5.14. The molecule has 0 aromatic carbocycles. The fourth-order valence-electron chi connectivity index (χ4n) is 1.83. The lowest BCUT2D eigenvalue weighted by atomic mass is 10.2. The molecule has 1 aliphatic heterocycles. The van der Waals surface area contributed by atoms with E-state index in [1.807, 2.05) is 0 Å². The lowest BCUT2D eigenvalue weighted by Gasteiger charge is -2.37. The van der Waals surface area contributed by atoms with Crippen LogP contribution >= 0.6 is 12.6 Å². The third-order valence-electron chi connectivity index (χ3n) is 3.04. The summed E-state index contributed by atoms with van der Waals surface area (Å²) in [5.74, 6) is 0.989. The van der Waals surface area contributed by atoms with Crippen LogP contribution in [0.25, 0.3) is 0 Å². The first-order valence-corrected chi connectivity index (χ1v) is 5.98. The molecular weight excluding hydrogens is 180 g/mol. The number of thiol groups is 1. The molecule has 1 saturated heterocycles. The molecule has 1 atom stereocenters. The van der Waals surface area contributed by atoms with Gasteiger partial charge in [-0.1, -0.05) is 6.92 Å². The SMILES string of the molecule is CCC(C)N1CCN(CCS)CC1. The van der Waals surface area contributed by atoms with Gasteiger partial charge >= 0.3 is 0 Å². The molecule has 13 heavy (non-hydrogen) atoms. The fraction of sp³-hybridized carbons (Fsp3) is 1.00. The van der Waals surface area contributed by atoms with Gasteiger partial charge in [-0.05, 0) is 13.3 Å². The standard InChI is InChI=1S/C10H22N2S/c1-3-10(2)12-6-4-11(5-7-12)8-9-13/h10,13H,3-9H2,1-2H3. The average Bonchev–Trinajstić information content (AvgIpc) is 2.18. The molecule has 0 amide bonds. The van der Waals surface area contributed by atoms with Crippen molar-refractivity contribution in [3.63, 3.8) is 0 Å². The summed E-state index contributed by atoms with van der Waals surface area (Å²) in [7, 11) is 0. The largest absolute Gasteiger partial charge is 0.300 e. The molecule has 1 fully saturated rings. The molecule has 0 N–H and O–H groups in total. The highest BCUT2D eigenvalue weighted by atomic mass is 32.1. The Bertz CT molecular complexity index is 133. The van der Waals surface area contributed by atoms with Crippen LogP contribution in [0.5, 0.6) is 0 Å². The maximum atomic E-state index is 4.26. The van der Waals surface area contributed by atoms with Gasteiger partial charge in [0.15, 0.2) is 0 Å². The van der Waals surface area contributed by atoms with Gasteiger partial charge in [0.05, 0.1) is 0 Å². The van der Waals surface area contributed by atoms with Crippen LogP contribution in [0.4, 0.5) is 0 Å². The molecule has 1 aliphatic rings. The van der Waals surface area contributed by atoms with Crippen molar-refractivity contribution in [3.8, 4) is 0 Å². The molecular formula is C10H22N2S. The predicted molar refractivity (Wildman–Crippen MR) is 61.6 cm³/mol. The zero-order chi connectivity index (χ0) is 9.68. The predicted octanol–water partition coefficient (Wildman–Crippen LogP) is 1.33. The lowest BCUT2D eigenvalue weighted by molar-refractivity contribution is 0.105. The van der Waals surface area contributed by atoms with Gasteiger partial charge in [-0.25, -0.2) is 0 Å². The first-order chi connectivity index (χ1) is 6.27. The number of hydrogen-bond acceptors (Lipinski definition) is 3. The molecule has 1 rings (SSSR count). The molecule has 0 bridgehead atoms. The normalized spacial score (nSPS) is 23.3. The van der Waals surface area contributed by atoms with Crippen LogP contribution in [0.1, 0.15) is 20.3 Å². The van der Waals surface area contributed by atoms with Crippen LogP contribution in [0, 0.1) is 0 Å². The van der Waals surface area contributed by atoms with E-state index in [1.54, 1.807) is 0 Å². The number of nitrogens with zero attached hydrogens (tertiary/aromatic N) is 2. The second-order valence-corrected chi connectivity index (χ2v) is 4.31. The maximum Gasteiger partial charge on any atom is 0.0113 e. The fourth-order valence-corrected chi connectivity index (χ4v) is 2.11. The van der Waals surface area contributed by atoms with Crippen molar-refractivity contribution in [2.75, 3.05) is 38.5 Å². The molecule has 78 valence electrons. The van der Waals surface area contributed by atoms with Crippen LogP contribution in [0.2, 0.25) is 0 Å². The minimum absolute atomic E-state index is 0.762. The first-order valence-electron chi connectivity index (χ1n) is 5.35. The van der Waals surface area contributed by atoms with E-state index in [2.05, 4.69) is 36.3 Å². The summed E-state index contributed by atoms with van der Waals surface area (Å²) in [5, 5.41) is 0. The zero-order valence-electron chi connectivity index (χ0n) is 8.87. The average molecular weight is 202 g/mol. The van der Waals surface area contributed by atoms with Crippen molar-refractivity contribution >= 4 is 12.6 Å². The van der Waals surface area contributed by atoms with Gasteiger partial charge in [0.1, 0.15) is 0 Å². The van der Waals surface area contributed by atoms with Crippen LogP contribution in [0.3, 0.4) is 0 Å². The minimum Gasteiger partial charge on any atom is -0.300 e. The van der Waals surface area contributed by atoms with Crippen LogP contribution in [-0.4, -0.2) is 54.3 Å². The quantitative estimate of drug-likeness (QED) is 0.687. The molecule has 1 unspecified atom stereocenters. The maximum absolute atomic E-state index is 4.26. The Balaban J connectivity index is 2.22. The molecule has 3 heteroatoms. The van der Waals surface area contributed by atoms with Crippen LogP contribution < -0.4 is 0 Å². The first kappa shape index (κ1) is 11.3. The Labute approximate surface area is 87.7 Å². The lowest BCUT2D eigenvalue weighted by Crippen LogP contribution is -2.49. The van der Waals surface area contributed by atoms with Crippen LogP contribution in [-0.2, 0) is 0 Å².